The van der Waals surface area contributed by atoms with E-state index >= 15 is 0 Å². The molecule has 1 heterocycles. The molecule has 0 atom stereocenters. The van der Waals surface area contributed by atoms with E-state index in [1.165, 1.54) is 7.11 Å². The van der Waals surface area contributed by atoms with Crippen LogP contribution in [0.4, 0.5) is 0 Å². The van der Waals surface area contributed by atoms with E-state index in [0.717, 1.165) is 10.9 Å². The number of carbonyl (C=O) groups excluding carboxylic acids is 1. The largest absolute Gasteiger partial charge is 0.469 e. The number of rotatable bonds is 4. The molecule has 4 heteroatoms. The molecule has 2 rings (SSSR count). The van der Waals surface area contributed by atoms with Crippen LogP contribution >= 0.6 is 0 Å². The Bertz CT molecular complexity index is 608. The van der Waals surface area contributed by atoms with Crippen LogP contribution in [0.3, 0.4) is 0 Å². The van der Waals surface area contributed by atoms with Gasteiger partial charge in [0.25, 0.3) is 0 Å². The predicted octanol–water partition coefficient (Wildman–Crippen LogP) is 2.47. The second-order valence-electron chi connectivity index (χ2n) is 4.04. The highest BCUT2D eigenvalue weighted by Gasteiger charge is 2.07. The molecule has 2 aromatic rings. The third-order valence-corrected chi connectivity index (χ3v) is 2.92. The fourth-order valence-corrected chi connectivity index (χ4v) is 2.02. The molecule has 0 saturated heterocycles. The first-order valence-electron chi connectivity index (χ1n) is 5.81. The summed E-state index contributed by atoms with van der Waals surface area (Å²) < 4.78 is 6.61. The Balaban J connectivity index is 2.19. The normalized spacial score (nSPS) is 10.2. The predicted molar refractivity (Wildman–Crippen MR) is 67.9 cm³/mol. The molecule has 0 amide bonds. The topological polar surface area (TPSA) is 55.0 Å². The van der Waals surface area contributed by atoms with Crippen LogP contribution in [0.2, 0.25) is 0 Å². The number of nitriles is 1. The van der Waals surface area contributed by atoms with Gasteiger partial charge in [0.2, 0.25) is 0 Å². The Morgan fingerprint density at radius 3 is 2.94 bits per heavy atom. The molecule has 1 aromatic carbocycles. The van der Waals surface area contributed by atoms with Gasteiger partial charge in [0, 0.05) is 30.1 Å². The number of nitrogens with zero attached hydrogens (tertiary/aromatic N) is 2. The van der Waals surface area contributed by atoms with Gasteiger partial charge in [0.15, 0.2) is 0 Å². The minimum Gasteiger partial charge on any atom is -0.469 e. The lowest BCUT2D eigenvalue weighted by Gasteiger charge is -2.04. The first-order valence-corrected chi connectivity index (χ1v) is 5.81. The average molecular weight is 242 g/mol. The Morgan fingerprint density at radius 1 is 1.44 bits per heavy atom. The maximum atomic E-state index is 11.0. The van der Waals surface area contributed by atoms with Crippen molar-refractivity contribution in [1.82, 2.24) is 4.57 Å². The lowest BCUT2D eigenvalue weighted by atomic mass is 10.2. The van der Waals surface area contributed by atoms with Gasteiger partial charge in [-0.05, 0) is 12.5 Å². The van der Waals surface area contributed by atoms with E-state index in [9.17, 15) is 4.79 Å². The van der Waals surface area contributed by atoms with Crippen molar-refractivity contribution in [3.8, 4) is 6.07 Å². The maximum absolute atomic E-state index is 11.0. The number of fused-ring (bicyclic) bond motifs is 1. The van der Waals surface area contributed by atoms with Crippen molar-refractivity contribution >= 4 is 16.9 Å². The molecule has 1 aromatic heterocycles. The summed E-state index contributed by atoms with van der Waals surface area (Å²) in [4.78, 5) is 11.0. The van der Waals surface area contributed by atoms with E-state index in [1.807, 2.05) is 35.0 Å². The Kier molecular flexibility index (Phi) is 3.63. The number of esters is 1. The van der Waals surface area contributed by atoms with Gasteiger partial charge in [-0.25, -0.2) is 0 Å². The summed E-state index contributed by atoms with van der Waals surface area (Å²) in [5.41, 5.74) is 1.70. The highest BCUT2D eigenvalue weighted by Crippen LogP contribution is 2.20. The van der Waals surface area contributed by atoms with E-state index in [0.29, 0.717) is 24.9 Å². The van der Waals surface area contributed by atoms with Gasteiger partial charge in [0.05, 0.1) is 12.7 Å². The number of aryl methyl sites for hydroxylation is 1. The van der Waals surface area contributed by atoms with Crippen molar-refractivity contribution in [3.63, 3.8) is 0 Å². The fourth-order valence-electron chi connectivity index (χ4n) is 2.02. The molecule has 4 nitrogen and oxygen atoms in total. The van der Waals surface area contributed by atoms with E-state index in [1.54, 1.807) is 0 Å². The van der Waals surface area contributed by atoms with Gasteiger partial charge in [-0.15, -0.1) is 0 Å². The molecular formula is C14H14N2O2. The smallest absolute Gasteiger partial charge is 0.305 e. The number of para-hydroxylation sites is 1. The Hall–Kier alpha value is -2.28. The first-order chi connectivity index (χ1) is 8.76. The molecule has 0 aliphatic rings. The lowest BCUT2D eigenvalue weighted by Crippen LogP contribution is -2.03. The molecule has 0 bridgehead atoms. The Labute approximate surface area is 105 Å². The molecule has 0 N–H and O–H groups in total. The SMILES string of the molecule is COC(=O)CCCn1cc(C#N)c2ccccc21. The number of hydrogen-bond donors (Lipinski definition) is 0. The van der Waals surface area contributed by atoms with Crippen LogP contribution in [0.25, 0.3) is 10.9 Å². The second kappa shape index (κ2) is 5.37. The minimum absolute atomic E-state index is 0.202. The summed E-state index contributed by atoms with van der Waals surface area (Å²) in [6.45, 7) is 0.706. The molecule has 0 saturated carbocycles. The zero-order chi connectivity index (χ0) is 13.0. The molecule has 0 aliphatic carbocycles. The summed E-state index contributed by atoms with van der Waals surface area (Å²) in [7, 11) is 1.39. The number of aromatic nitrogens is 1. The van der Waals surface area contributed by atoms with E-state index in [4.69, 9.17) is 5.26 Å². The minimum atomic E-state index is -0.202. The van der Waals surface area contributed by atoms with Crippen molar-refractivity contribution in [2.75, 3.05) is 7.11 Å². The monoisotopic (exact) mass is 242 g/mol. The van der Waals surface area contributed by atoms with E-state index in [-0.39, 0.29) is 5.97 Å². The van der Waals surface area contributed by atoms with Gasteiger partial charge >= 0.3 is 5.97 Å². The van der Waals surface area contributed by atoms with Gasteiger partial charge in [-0.2, -0.15) is 5.26 Å². The van der Waals surface area contributed by atoms with Crippen LogP contribution in [-0.2, 0) is 16.1 Å². The zero-order valence-corrected chi connectivity index (χ0v) is 10.2. The van der Waals surface area contributed by atoms with Crippen molar-refractivity contribution in [1.29, 1.82) is 5.26 Å². The number of methoxy groups -OCH3 is 1. The summed E-state index contributed by atoms with van der Waals surface area (Å²) >= 11 is 0. The molecule has 92 valence electrons. The quantitative estimate of drug-likeness (QED) is 0.774. The van der Waals surface area contributed by atoms with Gasteiger partial charge in [-0.3, -0.25) is 4.79 Å². The average Bonchev–Trinajstić information content (AvgIpc) is 2.77. The molecule has 0 spiro atoms. The van der Waals surface area contributed by atoms with Crippen molar-refractivity contribution < 1.29 is 9.53 Å². The van der Waals surface area contributed by atoms with E-state index in [2.05, 4.69) is 10.8 Å². The molecular weight excluding hydrogens is 228 g/mol. The van der Waals surface area contributed by atoms with Crippen molar-refractivity contribution in [3.05, 3.63) is 36.0 Å². The molecule has 18 heavy (non-hydrogen) atoms. The van der Waals surface area contributed by atoms with Crippen LogP contribution in [-0.4, -0.2) is 17.6 Å². The number of ether oxygens (including phenoxy) is 1. The Morgan fingerprint density at radius 2 is 2.22 bits per heavy atom. The third kappa shape index (κ3) is 2.35. The fraction of sp³-hybridized carbons (Fsp3) is 0.286. The van der Waals surface area contributed by atoms with E-state index < -0.39 is 0 Å². The van der Waals surface area contributed by atoms with Crippen molar-refractivity contribution in [2.24, 2.45) is 0 Å². The molecule has 0 fully saturated rings. The summed E-state index contributed by atoms with van der Waals surface area (Å²) in [5, 5.41) is 10.0. The first kappa shape index (κ1) is 12.2. The van der Waals surface area contributed by atoms with Gasteiger partial charge in [0.1, 0.15) is 6.07 Å². The van der Waals surface area contributed by atoms with Crippen LogP contribution in [0.1, 0.15) is 18.4 Å². The summed E-state index contributed by atoms with van der Waals surface area (Å²) in [6.07, 6.45) is 2.93. The number of benzene rings is 1. The van der Waals surface area contributed by atoms with Crippen LogP contribution in [0.15, 0.2) is 30.5 Å². The maximum Gasteiger partial charge on any atom is 0.305 e. The van der Waals surface area contributed by atoms with Crippen molar-refractivity contribution in [2.45, 2.75) is 19.4 Å². The molecule has 0 aliphatic heterocycles. The van der Waals surface area contributed by atoms with Gasteiger partial charge < -0.3 is 9.30 Å². The van der Waals surface area contributed by atoms with Gasteiger partial charge in [-0.1, -0.05) is 18.2 Å². The molecule has 0 unspecified atom stereocenters. The highest BCUT2D eigenvalue weighted by atomic mass is 16.5. The summed E-state index contributed by atoms with van der Waals surface area (Å²) in [6, 6.07) is 9.97. The molecule has 0 radical (unpaired) electrons. The third-order valence-electron chi connectivity index (χ3n) is 2.92. The van der Waals surface area contributed by atoms with Crippen LogP contribution in [0, 0.1) is 11.3 Å². The van der Waals surface area contributed by atoms with Crippen LogP contribution in [0.5, 0.6) is 0 Å². The van der Waals surface area contributed by atoms with Crippen LogP contribution < -0.4 is 0 Å². The second-order valence-corrected chi connectivity index (χ2v) is 4.04. The highest BCUT2D eigenvalue weighted by molar-refractivity contribution is 5.86. The number of carbonyl (C=O) groups is 1. The zero-order valence-electron chi connectivity index (χ0n) is 10.2. The standard InChI is InChI=1S/C14H14N2O2/c1-18-14(17)7-4-8-16-10-11(9-15)12-5-2-3-6-13(12)16/h2-3,5-6,10H,4,7-8H2,1H3. The summed E-state index contributed by atoms with van der Waals surface area (Å²) in [5.74, 6) is -0.202. The number of hydrogen-bond acceptors (Lipinski definition) is 3. The lowest BCUT2D eigenvalue weighted by molar-refractivity contribution is -0.140.